The predicted molar refractivity (Wildman–Crippen MR) is 135 cm³/mol. The van der Waals surface area contributed by atoms with E-state index in [1.54, 1.807) is 0 Å². The van der Waals surface area contributed by atoms with Crippen LogP contribution in [0.3, 0.4) is 0 Å². The minimum Gasteiger partial charge on any atom is -0.481 e. The van der Waals surface area contributed by atoms with Crippen LogP contribution >= 0.6 is 0 Å². The van der Waals surface area contributed by atoms with Gasteiger partial charge < -0.3 is 20.5 Å². The predicted octanol–water partition coefficient (Wildman–Crippen LogP) is 4.80. The lowest BCUT2D eigenvalue weighted by Gasteiger charge is -2.28. The third-order valence-electron chi connectivity index (χ3n) is 7.36. The number of hydrogen-bond donors (Lipinski definition) is 3. The van der Waals surface area contributed by atoms with Crippen molar-refractivity contribution in [3.05, 3.63) is 59.7 Å². The Morgan fingerprint density at radius 3 is 1.97 bits per heavy atom. The molecule has 7 nitrogen and oxygen atoms in total. The first-order valence-corrected chi connectivity index (χ1v) is 12.3. The molecular formula is C28H36N2O5. The molecule has 7 heteroatoms. The molecule has 188 valence electrons. The second-order valence-corrected chi connectivity index (χ2v) is 9.57. The highest BCUT2D eigenvalue weighted by Crippen LogP contribution is 2.44. The van der Waals surface area contributed by atoms with E-state index in [9.17, 15) is 19.5 Å². The van der Waals surface area contributed by atoms with Crippen LogP contribution in [0.5, 0.6) is 0 Å². The maximum Gasteiger partial charge on any atom is 0.407 e. The van der Waals surface area contributed by atoms with Crippen LogP contribution < -0.4 is 10.6 Å². The highest BCUT2D eigenvalue weighted by atomic mass is 16.5. The van der Waals surface area contributed by atoms with Crippen molar-refractivity contribution in [1.29, 1.82) is 0 Å². The summed E-state index contributed by atoms with van der Waals surface area (Å²) >= 11 is 0. The zero-order valence-electron chi connectivity index (χ0n) is 21.0. The Kier molecular flexibility index (Phi) is 8.54. The first-order valence-electron chi connectivity index (χ1n) is 12.3. The van der Waals surface area contributed by atoms with Crippen molar-refractivity contribution in [3.63, 3.8) is 0 Å². The molecule has 2 amide bonds. The zero-order chi connectivity index (χ0) is 25.6. The second-order valence-electron chi connectivity index (χ2n) is 9.57. The number of alkyl carbamates (subject to hydrolysis) is 1. The van der Waals surface area contributed by atoms with E-state index in [1.807, 2.05) is 52.0 Å². The molecule has 3 N–H and O–H groups in total. The standard InChI is InChI=1S/C28H36N2O5/c1-5-28(6-2,26(32)33)17-30-25(31)23(18(3)4)15-29-27(34)35-16-24-21-13-9-7-11-19(21)20-12-8-10-14-22(20)24/h7-14,18,23-24H,5-6,15-17H2,1-4H3,(H,29,34)(H,30,31)(H,32,33). The first-order chi connectivity index (χ1) is 16.7. The summed E-state index contributed by atoms with van der Waals surface area (Å²) in [5, 5.41) is 15.1. The van der Waals surface area contributed by atoms with Gasteiger partial charge in [-0.1, -0.05) is 76.2 Å². The number of carboxylic acids is 1. The molecule has 2 aromatic carbocycles. The van der Waals surface area contributed by atoms with Gasteiger partial charge in [0.2, 0.25) is 5.91 Å². The molecule has 2 aromatic rings. The molecule has 0 bridgehead atoms. The summed E-state index contributed by atoms with van der Waals surface area (Å²) in [6, 6.07) is 16.3. The zero-order valence-corrected chi connectivity index (χ0v) is 21.0. The maximum atomic E-state index is 12.8. The van der Waals surface area contributed by atoms with Gasteiger partial charge in [-0.25, -0.2) is 4.79 Å². The van der Waals surface area contributed by atoms with Crippen molar-refractivity contribution >= 4 is 18.0 Å². The highest BCUT2D eigenvalue weighted by Gasteiger charge is 2.36. The summed E-state index contributed by atoms with van der Waals surface area (Å²) in [4.78, 5) is 37.1. The average Bonchev–Trinajstić information content (AvgIpc) is 3.17. The van der Waals surface area contributed by atoms with Crippen molar-refractivity contribution in [2.75, 3.05) is 19.7 Å². The van der Waals surface area contributed by atoms with Crippen molar-refractivity contribution < 1.29 is 24.2 Å². The summed E-state index contributed by atoms with van der Waals surface area (Å²) in [6.07, 6.45) is 0.264. The summed E-state index contributed by atoms with van der Waals surface area (Å²) < 4.78 is 5.57. The number of carbonyl (C=O) groups excluding carboxylic acids is 2. The van der Waals surface area contributed by atoms with Crippen LogP contribution in [0, 0.1) is 17.3 Å². The fourth-order valence-corrected chi connectivity index (χ4v) is 4.74. The number of rotatable bonds is 11. The summed E-state index contributed by atoms with van der Waals surface area (Å²) in [5.74, 6) is -1.78. The van der Waals surface area contributed by atoms with Crippen molar-refractivity contribution in [2.45, 2.75) is 46.5 Å². The number of carboxylic acid groups (broad SMARTS) is 1. The summed E-state index contributed by atoms with van der Waals surface area (Å²) in [7, 11) is 0. The summed E-state index contributed by atoms with van der Waals surface area (Å²) in [5.41, 5.74) is 3.59. The van der Waals surface area contributed by atoms with Gasteiger partial charge in [0, 0.05) is 19.0 Å². The molecule has 0 radical (unpaired) electrons. The van der Waals surface area contributed by atoms with E-state index >= 15 is 0 Å². The Labute approximate surface area is 207 Å². The molecule has 35 heavy (non-hydrogen) atoms. The average molecular weight is 481 g/mol. The SMILES string of the molecule is CCC(CC)(CNC(=O)C(CNC(=O)OCC1c2ccccc2-c2ccccc21)C(C)C)C(=O)O. The lowest BCUT2D eigenvalue weighted by Crippen LogP contribution is -2.47. The van der Waals surface area contributed by atoms with Gasteiger partial charge in [-0.05, 0) is 41.0 Å². The number of aliphatic carboxylic acids is 1. The molecule has 0 spiro atoms. The second kappa shape index (κ2) is 11.4. The van der Waals surface area contributed by atoms with E-state index in [0.29, 0.717) is 12.8 Å². The molecule has 0 heterocycles. The molecule has 0 aromatic heterocycles. The molecule has 0 saturated carbocycles. The van der Waals surface area contributed by atoms with Gasteiger partial charge in [0.15, 0.2) is 0 Å². The smallest absolute Gasteiger partial charge is 0.407 e. The molecule has 0 saturated heterocycles. The fraction of sp³-hybridized carbons (Fsp3) is 0.464. The van der Waals surface area contributed by atoms with Crippen LogP contribution in [0.2, 0.25) is 0 Å². The number of benzene rings is 2. The van der Waals surface area contributed by atoms with Gasteiger partial charge in [0.05, 0.1) is 11.3 Å². The van der Waals surface area contributed by atoms with Gasteiger partial charge in [0.25, 0.3) is 0 Å². The molecule has 0 aliphatic heterocycles. The Balaban J connectivity index is 1.57. The molecule has 1 unspecified atom stereocenters. The number of fused-ring (bicyclic) bond motifs is 3. The Hall–Kier alpha value is -3.35. The minimum atomic E-state index is -0.989. The number of amides is 2. The van der Waals surface area contributed by atoms with Crippen LogP contribution in [0.1, 0.15) is 57.6 Å². The normalized spacial score (nSPS) is 13.6. The van der Waals surface area contributed by atoms with Gasteiger partial charge in [-0.15, -0.1) is 0 Å². The van der Waals surface area contributed by atoms with E-state index in [0.717, 1.165) is 22.3 Å². The molecule has 1 aliphatic rings. The van der Waals surface area contributed by atoms with Gasteiger partial charge in [-0.2, -0.15) is 0 Å². The van der Waals surface area contributed by atoms with E-state index in [1.165, 1.54) is 0 Å². The van der Waals surface area contributed by atoms with E-state index in [4.69, 9.17) is 4.74 Å². The van der Waals surface area contributed by atoms with E-state index < -0.39 is 23.4 Å². The third-order valence-corrected chi connectivity index (χ3v) is 7.36. The molecule has 1 aliphatic carbocycles. The van der Waals surface area contributed by atoms with E-state index in [2.05, 4.69) is 34.9 Å². The monoisotopic (exact) mass is 480 g/mol. The van der Waals surface area contributed by atoms with Crippen LogP contribution in [0.25, 0.3) is 11.1 Å². The van der Waals surface area contributed by atoms with Crippen LogP contribution in [-0.2, 0) is 14.3 Å². The first kappa shape index (κ1) is 26.3. The summed E-state index contributed by atoms with van der Waals surface area (Å²) in [6.45, 7) is 7.78. The lowest BCUT2D eigenvalue weighted by molar-refractivity contribution is -0.149. The Morgan fingerprint density at radius 1 is 0.943 bits per heavy atom. The number of carbonyl (C=O) groups is 3. The van der Waals surface area contributed by atoms with Gasteiger partial charge >= 0.3 is 12.1 Å². The van der Waals surface area contributed by atoms with Crippen molar-refractivity contribution in [2.24, 2.45) is 17.3 Å². The van der Waals surface area contributed by atoms with Crippen molar-refractivity contribution in [3.8, 4) is 11.1 Å². The van der Waals surface area contributed by atoms with Gasteiger partial charge in [-0.3, -0.25) is 9.59 Å². The third kappa shape index (κ3) is 5.66. The molecular weight excluding hydrogens is 444 g/mol. The van der Waals surface area contributed by atoms with Gasteiger partial charge in [0.1, 0.15) is 6.61 Å². The molecule has 3 rings (SSSR count). The Bertz CT molecular complexity index is 1020. The van der Waals surface area contributed by atoms with Crippen molar-refractivity contribution in [1.82, 2.24) is 10.6 Å². The number of nitrogens with one attached hydrogen (secondary N) is 2. The van der Waals surface area contributed by atoms with Crippen LogP contribution in [0.15, 0.2) is 48.5 Å². The van der Waals surface area contributed by atoms with Crippen LogP contribution in [-0.4, -0.2) is 42.8 Å². The number of hydrogen-bond acceptors (Lipinski definition) is 4. The largest absolute Gasteiger partial charge is 0.481 e. The topological polar surface area (TPSA) is 105 Å². The van der Waals surface area contributed by atoms with E-state index in [-0.39, 0.29) is 37.4 Å². The molecule has 0 fully saturated rings. The Morgan fingerprint density at radius 2 is 1.49 bits per heavy atom. The molecule has 1 atom stereocenters. The fourth-order valence-electron chi connectivity index (χ4n) is 4.74. The lowest BCUT2D eigenvalue weighted by atomic mass is 9.82. The minimum absolute atomic E-state index is 0.0374. The quantitative estimate of drug-likeness (QED) is 0.428. The number of ether oxygens (including phenoxy) is 1. The maximum absolute atomic E-state index is 12.8. The van der Waals surface area contributed by atoms with Crippen LogP contribution in [0.4, 0.5) is 4.79 Å². The highest BCUT2D eigenvalue weighted by molar-refractivity contribution is 5.82.